The van der Waals surface area contributed by atoms with E-state index in [2.05, 4.69) is 16.9 Å². The van der Waals surface area contributed by atoms with Crippen molar-refractivity contribution in [2.75, 3.05) is 7.05 Å². The second-order valence-electron chi connectivity index (χ2n) is 1.35. The van der Waals surface area contributed by atoms with Crippen LogP contribution < -0.4 is 11.1 Å². The molecule has 0 aliphatic carbocycles. The fourth-order valence-electron chi connectivity index (χ4n) is 0.276. The summed E-state index contributed by atoms with van der Waals surface area (Å²) in [6, 6.07) is 0. The summed E-state index contributed by atoms with van der Waals surface area (Å²) in [5.74, 6) is 0.490. The molecule has 0 aromatic carbocycles. The number of nitrogens with one attached hydrogen (secondary N) is 1. The maximum absolute atomic E-state index is 5.30. The van der Waals surface area contributed by atoms with Crippen LogP contribution >= 0.6 is 0 Å². The second kappa shape index (κ2) is 4.90. The Morgan fingerprint density at radius 1 is 1.78 bits per heavy atom. The minimum atomic E-state index is 0.490. The average Bonchev–Trinajstić information content (AvgIpc) is 1.89. The molecule has 0 aromatic heterocycles. The molecule has 0 saturated heterocycles. The van der Waals surface area contributed by atoms with Gasteiger partial charge >= 0.3 is 0 Å². The van der Waals surface area contributed by atoms with Gasteiger partial charge in [-0.1, -0.05) is 6.58 Å². The Hall–Kier alpha value is -1.25. The monoisotopic (exact) mass is 125 g/mol. The zero-order chi connectivity index (χ0) is 7.11. The van der Waals surface area contributed by atoms with E-state index in [0.29, 0.717) is 5.84 Å². The van der Waals surface area contributed by atoms with Crippen LogP contribution in [0.15, 0.2) is 30.0 Å². The molecule has 0 aromatic rings. The lowest BCUT2D eigenvalue weighted by molar-refractivity contribution is 1.20. The van der Waals surface area contributed by atoms with Gasteiger partial charge in [-0.2, -0.15) is 0 Å². The van der Waals surface area contributed by atoms with Gasteiger partial charge in [-0.15, -0.1) is 0 Å². The van der Waals surface area contributed by atoms with E-state index in [1.165, 1.54) is 0 Å². The van der Waals surface area contributed by atoms with Crippen LogP contribution in [0.2, 0.25) is 0 Å². The lowest BCUT2D eigenvalue weighted by Gasteiger charge is -1.87. The van der Waals surface area contributed by atoms with E-state index in [4.69, 9.17) is 5.73 Å². The van der Waals surface area contributed by atoms with E-state index >= 15 is 0 Å². The number of amidine groups is 1. The molecule has 0 rings (SSSR count). The molecule has 9 heavy (non-hydrogen) atoms. The predicted octanol–water partition coefficient (Wildman–Crippen LogP) is 0.220. The molecule has 3 N–H and O–H groups in total. The summed E-state index contributed by atoms with van der Waals surface area (Å²) in [6.07, 6.45) is 4.87. The highest BCUT2D eigenvalue weighted by Gasteiger charge is 1.74. The molecule has 0 aliphatic heterocycles. The lowest BCUT2D eigenvalue weighted by atomic mass is 10.5. The third-order valence-corrected chi connectivity index (χ3v) is 0.726. The van der Waals surface area contributed by atoms with Crippen molar-refractivity contribution in [1.29, 1.82) is 0 Å². The molecule has 0 saturated carbocycles. The molecule has 0 atom stereocenters. The van der Waals surface area contributed by atoms with Gasteiger partial charge in [0.2, 0.25) is 0 Å². The molecule has 0 radical (unpaired) electrons. The minimum Gasteiger partial charge on any atom is -0.384 e. The van der Waals surface area contributed by atoms with Gasteiger partial charge in [0, 0.05) is 13.2 Å². The van der Waals surface area contributed by atoms with Crippen LogP contribution in [0.25, 0.3) is 0 Å². The van der Waals surface area contributed by atoms with E-state index in [0.717, 1.165) is 0 Å². The third-order valence-electron chi connectivity index (χ3n) is 0.726. The van der Waals surface area contributed by atoms with Gasteiger partial charge in [0.1, 0.15) is 5.84 Å². The third kappa shape index (κ3) is 4.61. The Labute approximate surface area is 55.0 Å². The minimum absolute atomic E-state index is 0.490. The fourth-order valence-corrected chi connectivity index (χ4v) is 0.276. The van der Waals surface area contributed by atoms with Crippen molar-refractivity contribution >= 4 is 5.84 Å². The van der Waals surface area contributed by atoms with Gasteiger partial charge in [0.15, 0.2) is 0 Å². The molecule has 0 heterocycles. The van der Waals surface area contributed by atoms with Crippen molar-refractivity contribution < 1.29 is 0 Å². The quantitative estimate of drug-likeness (QED) is 0.419. The van der Waals surface area contributed by atoms with Gasteiger partial charge < -0.3 is 11.1 Å². The normalized spacial score (nSPS) is 11.9. The summed E-state index contributed by atoms with van der Waals surface area (Å²) in [4.78, 5) is 3.69. The number of aliphatic imine (C=N–C) groups is 1. The summed E-state index contributed by atoms with van der Waals surface area (Å²) in [5.41, 5.74) is 5.30. The molecule has 0 bridgehead atoms. The molecule has 50 valence electrons. The van der Waals surface area contributed by atoms with E-state index in [1.807, 2.05) is 0 Å². The molecule has 0 amide bonds. The van der Waals surface area contributed by atoms with Gasteiger partial charge in [-0.05, 0) is 12.3 Å². The van der Waals surface area contributed by atoms with Crippen LogP contribution in [0.5, 0.6) is 0 Å². The number of nitrogens with zero attached hydrogens (tertiary/aromatic N) is 1. The summed E-state index contributed by atoms with van der Waals surface area (Å²) >= 11 is 0. The maximum Gasteiger partial charge on any atom is 0.119 e. The first-order chi connectivity index (χ1) is 4.31. The van der Waals surface area contributed by atoms with Crippen molar-refractivity contribution in [2.24, 2.45) is 10.7 Å². The highest BCUT2D eigenvalue weighted by Crippen LogP contribution is 1.68. The zero-order valence-corrected chi connectivity index (χ0v) is 5.46. The highest BCUT2D eigenvalue weighted by molar-refractivity contribution is 5.91. The van der Waals surface area contributed by atoms with Crippen molar-refractivity contribution in [3.8, 4) is 0 Å². The molecule has 0 spiro atoms. The summed E-state index contributed by atoms with van der Waals surface area (Å²) in [7, 11) is 1.63. The predicted molar refractivity (Wildman–Crippen MR) is 40.0 cm³/mol. The van der Waals surface area contributed by atoms with Gasteiger partial charge in [-0.25, -0.2) is 0 Å². The number of nitrogens with two attached hydrogens (primary N) is 1. The van der Waals surface area contributed by atoms with Crippen molar-refractivity contribution in [3.05, 3.63) is 25.1 Å². The van der Waals surface area contributed by atoms with Gasteiger partial charge in [0.05, 0.1) is 0 Å². The lowest BCUT2D eigenvalue weighted by Crippen LogP contribution is -2.08. The Bertz CT molecular complexity index is 135. The highest BCUT2D eigenvalue weighted by atomic mass is 14.8. The Morgan fingerprint density at radius 3 is 2.89 bits per heavy atom. The average molecular weight is 125 g/mol. The van der Waals surface area contributed by atoms with Crippen molar-refractivity contribution in [3.63, 3.8) is 0 Å². The standard InChI is InChI=1S/C6H11N3/c1-3-9-5-4-6(7)8-2/h3-5,9H,1H2,2H3,(H2,7,8). The number of hydrogen-bond acceptors (Lipinski definition) is 2. The van der Waals surface area contributed by atoms with Crippen LogP contribution in [0.4, 0.5) is 0 Å². The molecule has 0 unspecified atom stereocenters. The first-order valence-corrected chi connectivity index (χ1v) is 2.57. The van der Waals surface area contributed by atoms with E-state index in [9.17, 15) is 0 Å². The summed E-state index contributed by atoms with van der Waals surface area (Å²) in [5, 5.41) is 2.74. The largest absolute Gasteiger partial charge is 0.384 e. The van der Waals surface area contributed by atoms with Crippen molar-refractivity contribution in [2.45, 2.75) is 0 Å². The molecular weight excluding hydrogens is 114 g/mol. The molecular formula is C6H11N3. The zero-order valence-electron chi connectivity index (χ0n) is 5.46. The topological polar surface area (TPSA) is 50.4 Å². The van der Waals surface area contributed by atoms with E-state index in [-0.39, 0.29) is 0 Å². The second-order valence-corrected chi connectivity index (χ2v) is 1.35. The Morgan fingerprint density at radius 2 is 2.44 bits per heavy atom. The van der Waals surface area contributed by atoms with E-state index < -0.39 is 0 Å². The van der Waals surface area contributed by atoms with Gasteiger partial charge in [-0.3, -0.25) is 4.99 Å². The molecule has 3 nitrogen and oxygen atoms in total. The van der Waals surface area contributed by atoms with Crippen LogP contribution in [0.1, 0.15) is 0 Å². The molecule has 0 aliphatic rings. The van der Waals surface area contributed by atoms with Gasteiger partial charge in [0.25, 0.3) is 0 Å². The van der Waals surface area contributed by atoms with E-state index in [1.54, 1.807) is 25.5 Å². The summed E-state index contributed by atoms with van der Waals surface area (Å²) < 4.78 is 0. The molecule has 0 fully saturated rings. The van der Waals surface area contributed by atoms with Crippen LogP contribution in [-0.4, -0.2) is 12.9 Å². The number of rotatable bonds is 3. The maximum atomic E-state index is 5.30. The first-order valence-electron chi connectivity index (χ1n) is 2.57. The van der Waals surface area contributed by atoms with Crippen LogP contribution in [-0.2, 0) is 0 Å². The van der Waals surface area contributed by atoms with Crippen molar-refractivity contribution in [1.82, 2.24) is 5.32 Å². The summed E-state index contributed by atoms with van der Waals surface area (Å²) in [6.45, 7) is 3.44. The first kappa shape index (κ1) is 7.75. The smallest absolute Gasteiger partial charge is 0.119 e. The Balaban J connectivity index is 3.56. The SMILES string of the molecule is C=CNC=CC(N)=NC. The molecule has 3 heteroatoms. The Kier molecular flexibility index (Phi) is 4.22. The van der Waals surface area contributed by atoms with Crippen LogP contribution in [0.3, 0.4) is 0 Å². The number of hydrogen-bond donors (Lipinski definition) is 2. The van der Waals surface area contributed by atoms with Crippen LogP contribution in [0, 0.1) is 0 Å². The fraction of sp³-hybridized carbons (Fsp3) is 0.167.